The molecule has 0 saturated carbocycles. The molecule has 0 heterocycles. The van der Waals surface area contributed by atoms with Gasteiger partial charge in [0.2, 0.25) is 0 Å². The normalized spacial score (nSPS) is 12.0. The van der Waals surface area contributed by atoms with Crippen molar-refractivity contribution < 1.29 is 8.85 Å². The Kier molecular flexibility index (Phi) is 10.9. The SMILES string of the molecule is CCCCC[Si](CCCCl)(OCC)OCC. The molecule has 0 aromatic rings. The van der Waals surface area contributed by atoms with Gasteiger partial charge in [-0.15, -0.1) is 11.6 Å². The Hall–Kier alpha value is 0.427. The Morgan fingerprint density at radius 1 is 0.875 bits per heavy atom. The number of alkyl halides is 1. The molecule has 0 aliphatic heterocycles. The van der Waals surface area contributed by atoms with Crippen molar-refractivity contribution >= 4 is 20.2 Å². The second-order valence-electron chi connectivity index (χ2n) is 4.03. The topological polar surface area (TPSA) is 18.5 Å². The van der Waals surface area contributed by atoms with Crippen molar-refractivity contribution in [2.24, 2.45) is 0 Å². The Morgan fingerprint density at radius 3 is 1.88 bits per heavy atom. The molecule has 0 aliphatic carbocycles. The Balaban J connectivity index is 4.24. The predicted molar refractivity (Wildman–Crippen MR) is 73.5 cm³/mol. The number of unbranched alkanes of at least 4 members (excludes halogenated alkanes) is 2. The first-order valence-corrected chi connectivity index (χ1v) is 9.35. The summed E-state index contributed by atoms with van der Waals surface area (Å²) in [7, 11) is -1.94. The molecule has 0 aliphatic rings. The minimum absolute atomic E-state index is 0.711. The zero-order chi connectivity index (χ0) is 12.3. The highest BCUT2D eigenvalue weighted by molar-refractivity contribution is 6.67. The third kappa shape index (κ3) is 6.89. The van der Waals surface area contributed by atoms with Crippen molar-refractivity contribution in [3.05, 3.63) is 0 Å². The van der Waals surface area contributed by atoms with Crippen LogP contribution < -0.4 is 0 Å². The summed E-state index contributed by atoms with van der Waals surface area (Å²) < 4.78 is 12.0. The van der Waals surface area contributed by atoms with E-state index in [1.54, 1.807) is 0 Å². The van der Waals surface area contributed by atoms with Crippen molar-refractivity contribution in [3.8, 4) is 0 Å². The molecule has 4 heteroatoms. The fraction of sp³-hybridized carbons (Fsp3) is 1.00. The van der Waals surface area contributed by atoms with Crippen molar-refractivity contribution in [2.45, 2.75) is 58.5 Å². The van der Waals surface area contributed by atoms with Crippen LogP contribution in [0, 0.1) is 0 Å². The molecule has 0 aromatic carbocycles. The summed E-state index contributed by atoms with van der Waals surface area (Å²) in [5.41, 5.74) is 0. The van der Waals surface area contributed by atoms with Gasteiger partial charge in [0.05, 0.1) is 0 Å². The lowest BCUT2D eigenvalue weighted by atomic mass is 10.3. The third-order valence-electron chi connectivity index (χ3n) is 2.67. The number of hydrogen-bond acceptors (Lipinski definition) is 2. The van der Waals surface area contributed by atoms with E-state index in [4.69, 9.17) is 20.5 Å². The summed E-state index contributed by atoms with van der Waals surface area (Å²) in [4.78, 5) is 0. The Bertz CT molecular complexity index is 150. The minimum atomic E-state index is -1.94. The molecule has 98 valence electrons. The van der Waals surface area contributed by atoms with Gasteiger partial charge in [-0.05, 0) is 32.4 Å². The van der Waals surface area contributed by atoms with Gasteiger partial charge >= 0.3 is 8.56 Å². The lowest BCUT2D eigenvalue weighted by Crippen LogP contribution is -2.42. The van der Waals surface area contributed by atoms with Crippen LogP contribution in [0.25, 0.3) is 0 Å². The van der Waals surface area contributed by atoms with E-state index in [2.05, 4.69) is 20.8 Å². The Morgan fingerprint density at radius 2 is 1.44 bits per heavy atom. The van der Waals surface area contributed by atoms with Gasteiger partial charge < -0.3 is 8.85 Å². The first-order chi connectivity index (χ1) is 7.74. The van der Waals surface area contributed by atoms with Crippen LogP contribution >= 0.6 is 11.6 Å². The van der Waals surface area contributed by atoms with E-state index in [-0.39, 0.29) is 0 Å². The van der Waals surface area contributed by atoms with Crippen LogP contribution in [0.4, 0.5) is 0 Å². The molecule has 0 saturated heterocycles. The standard InChI is InChI=1S/C12H27ClO2Si/c1-4-7-8-11-16(14-5-2,15-6-3)12-9-10-13/h4-12H2,1-3H3. The van der Waals surface area contributed by atoms with Crippen molar-refractivity contribution in [3.63, 3.8) is 0 Å². The lowest BCUT2D eigenvalue weighted by molar-refractivity contribution is 0.181. The molecule has 0 radical (unpaired) electrons. The quantitative estimate of drug-likeness (QED) is 0.315. The molecule has 0 atom stereocenters. The van der Waals surface area contributed by atoms with E-state index >= 15 is 0 Å². The summed E-state index contributed by atoms with van der Waals surface area (Å²) in [5.74, 6) is 0.711. The maximum absolute atomic E-state index is 5.98. The van der Waals surface area contributed by atoms with Gasteiger partial charge in [-0.2, -0.15) is 0 Å². The highest BCUT2D eigenvalue weighted by atomic mass is 35.5. The number of hydrogen-bond donors (Lipinski definition) is 0. The molecule has 0 fully saturated rings. The van der Waals surface area contributed by atoms with E-state index in [1.165, 1.54) is 19.3 Å². The molecule has 0 amide bonds. The number of halogens is 1. The average Bonchev–Trinajstić information content (AvgIpc) is 2.27. The third-order valence-corrected chi connectivity index (χ3v) is 6.79. The molecular formula is C12H27ClO2Si. The highest BCUT2D eigenvalue weighted by Crippen LogP contribution is 2.24. The smallest absolute Gasteiger partial charge is 0.338 e. The largest absolute Gasteiger partial charge is 0.394 e. The van der Waals surface area contributed by atoms with E-state index < -0.39 is 8.56 Å². The fourth-order valence-corrected chi connectivity index (χ4v) is 5.79. The molecule has 0 bridgehead atoms. The summed E-state index contributed by atoms with van der Waals surface area (Å²) in [6.45, 7) is 7.87. The first kappa shape index (κ1) is 16.4. The van der Waals surface area contributed by atoms with Crippen LogP contribution in [-0.2, 0) is 8.85 Å². The van der Waals surface area contributed by atoms with Crippen molar-refractivity contribution in [1.82, 2.24) is 0 Å². The molecule has 0 unspecified atom stereocenters. The van der Waals surface area contributed by atoms with Crippen LogP contribution in [0.2, 0.25) is 12.1 Å². The molecular weight excluding hydrogens is 240 g/mol. The van der Waals surface area contributed by atoms with Crippen molar-refractivity contribution in [1.29, 1.82) is 0 Å². The first-order valence-electron chi connectivity index (χ1n) is 6.58. The predicted octanol–water partition coefficient (Wildman–Crippen LogP) is 4.32. The summed E-state index contributed by atoms with van der Waals surface area (Å²) in [6, 6.07) is 2.17. The molecule has 0 aromatic heterocycles. The summed E-state index contributed by atoms with van der Waals surface area (Å²) in [5, 5.41) is 0. The maximum Gasteiger partial charge on any atom is 0.338 e. The number of rotatable bonds is 11. The van der Waals surface area contributed by atoms with E-state index in [9.17, 15) is 0 Å². The lowest BCUT2D eigenvalue weighted by Gasteiger charge is -2.30. The van der Waals surface area contributed by atoms with Gasteiger partial charge in [0, 0.05) is 19.1 Å². The fourth-order valence-electron chi connectivity index (χ4n) is 1.96. The van der Waals surface area contributed by atoms with E-state index in [1.807, 2.05) is 0 Å². The summed E-state index contributed by atoms with van der Waals surface area (Å²) >= 11 is 5.78. The monoisotopic (exact) mass is 266 g/mol. The molecule has 0 spiro atoms. The molecule has 0 N–H and O–H groups in total. The van der Waals surface area contributed by atoms with E-state index in [0.29, 0.717) is 5.88 Å². The molecule has 16 heavy (non-hydrogen) atoms. The van der Waals surface area contributed by atoms with Crippen molar-refractivity contribution in [2.75, 3.05) is 19.1 Å². The zero-order valence-electron chi connectivity index (χ0n) is 11.1. The van der Waals surface area contributed by atoms with Gasteiger partial charge in [-0.3, -0.25) is 0 Å². The summed E-state index contributed by atoms with van der Waals surface area (Å²) in [6.07, 6.45) is 4.76. The minimum Gasteiger partial charge on any atom is -0.394 e. The van der Waals surface area contributed by atoms with Gasteiger partial charge in [0.25, 0.3) is 0 Å². The van der Waals surface area contributed by atoms with Gasteiger partial charge in [-0.25, -0.2) is 0 Å². The van der Waals surface area contributed by atoms with Gasteiger partial charge in [0.1, 0.15) is 0 Å². The second kappa shape index (κ2) is 10.6. The average molecular weight is 267 g/mol. The van der Waals surface area contributed by atoms with E-state index in [0.717, 1.165) is 31.7 Å². The molecule has 2 nitrogen and oxygen atoms in total. The van der Waals surface area contributed by atoms with Crippen LogP contribution in [-0.4, -0.2) is 27.7 Å². The molecule has 0 rings (SSSR count). The maximum atomic E-state index is 5.98. The zero-order valence-corrected chi connectivity index (χ0v) is 12.8. The van der Waals surface area contributed by atoms with Gasteiger partial charge in [-0.1, -0.05) is 26.2 Å². The van der Waals surface area contributed by atoms with Gasteiger partial charge in [0.15, 0.2) is 0 Å². The highest BCUT2D eigenvalue weighted by Gasteiger charge is 2.35. The Labute approximate surface area is 107 Å². The van der Waals surface area contributed by atoms with Crippen LogP contribution in [0.15, 0.2) is 0 Å². The van der Waals surface area contributed by atoms with Crippen LogP contribution in [0.1, 0.15) is 46.5 Å². The van der Waals surface area contributed by atoms with Crippen LogP contribution in [0.5, 0.6) is 0 Å². The van der Waals surface area contributed by atoms with Crippen LogP contribution in [0.3, 0.4) is 0 Å². The second-order valence-corrected chi connectivity index (χ2v) is 7.80.